The number of hydrogen-bond donors (Lipinski definition) is 0. The van der Waals surface area contributed by atoms with Crippen molar-refractivity contribution in [3.63, 3.8) is 0 Å². The molecule has 23 heavy (non-hydrogen) atoms. The van der Waals surface area contributed by atoms with Crippen LogP contribution in [0.4, 0.5) is 13.2 Å². The second-order valence-corrected chi connectivity index (χ2v) is 4.67. The maximum absolute atomic E-state index is 12.7. The maximum atomic E-state index is 12.7. The highest BCUT2D eigenvalue weighted by atomic mass is 19.4. The summed E-state index contributed by atoms with van der Waals surface area (Å²) in [6.45, 7) is 5.64. The van der Waals surface area contributed by atoms with Gasteiger partial charge in [0, 0.05) is 11.5 Å². The molecule has 0 aliphatic carbocycles. The average molecular weight is 329 g/mol. The molecular weight excluding hydrogens is 311 g/mol. The molecule has 1 aromatic carbocycles. The topological polar surface area (TPSA) is 67.2 Å². The monoisotopic (exact) mass is 329 g/mol. The molecule has 7 heteroatoms. The molecule has 0 spiro atoms. The number of benzene rings is 1. The lowest BCUT2D eigenvalue weighted by Gasteiger charge is -2.16. The third-order valence-electron chi connectivity index (χ3n) is 3.10. The lowest BCUT2D eigenvalue weighted by Crippen LogP contribution is -2.21. The minimum absolute atomic E-state index is 0.375. The van der Waals surface area contributed by atoms with Crippen LogP contribution in [0.15, 0.2) is 24.3 Å². The van der Waals surface area contributed by atoms with Gasteiger partial charge in [-0.25, -0.2) is 0 Å². The molecule has 0 radical (unpaired) electrons. The number of alkyl halides is 3. The van der Waals surface area contributed by atoms with Crippen LogP contribution in [0.3, 0.4) is 0 Å². The first kappa shape index (κ1) is 20.6. The predicted molar refractivity (Wildman–Crippen MR) is 77.4 cm³/mol. The first-order valence-electron chi connectivity index (χ1n) is 6.85. The molecule has 0 saturated carbocycles. The Kier molecular flexibility index (Phi) is 8.63. The molecule has 2 atom stereocenters. The third kappa shape index (κ3) is 6.51. The second-order valence-electron chi connectivity index (χ2n) is 4.67. The fourth-order valence-corrected chi connectivity index (χ4v) is 1.60. The van der Waals surface area contributed by atoms with Crippen molar-refractivity contribution in [1.29, 1.82) is 5.26 Å². The van der Waals surface area contributed by atoms with E-state index in [0.29, 0.717) is 13.1 Å². The van der Waals surface area contributed by atoms with Gasteiger partial charge in [0.05, 0.1) is 24.2 Å². The zero-order chi connectivity index (χ0) is 18.0. The molecule has 0 aliphatic rings. The number of nitrogens with zero attached hydrogens (tertiary/aromatic N) is 1. The van der Waals surface area contributed by atoms with Crippen LogP contribution in [0.25, 0.3) is 0 Å². The van der Waals surface area contributed by atoms with E-state index in [1.165, 1.54) is 26.0 Å². The van der Waals surface area contributed by atoms with Gasteiger partial charge in [-0.2, -0.15) is 18.4 Å². The maximum Gasteiger partial charge on any atom is 0.417 e. The van der Waals surface area contributed by atoms with Crippen molar-refractivity contribution in [1.82, 2.24) is 0 Å². The molecule has 0 N–H and O–H groups in total. The molecule has 2 unspecified atom stereocenters. The van der Waals surface area contributed by atoms with Gasteiger partial charge in [0.15, 0.2) is 5.78 Å². The zero-order valence-corrected chi connectivity index (χ0v) is 13.1. The Balaban J connectivity index is 0.000000841. The van der Waals surface area contributed by atoms with Gasteiger partial charge < -0.3 is 4.74 Å². The molecule has 0 fully saturated rings. The Morgan fingerprint density at radius 3 is 2.30 bits per heavy atom. The van der Waals surface area contributed by atoms with Gasteiger partial charge in [0.2, 0.25) is 0 Å². The molecule has 0 aromatic heterocycles. The summed E-state index contributed by atoms with van der Waals surface area (Å²) < 4.78 is 42.4. The summed E-state index contributed by atoms with van der Waals surface area (Å²) >= 11 is 0. The molecule has 0 heterocycles. The number of carbonyl (C=O) groups excluding carboxylic acids is 2. The van der Waals surface area contributed by atoms with E-state index in [1.54, 1.807) is 6.92 Å². The van der Waals surface area contributed by atoms with Gasteiger partial charge >= 0.3 is 6.18 Å². The van der Waals surface area contributed by atoms with Gasteiger partial charge in [0.25, 0.3) is 6.47 Å². The first-order valence-corrected chi connectivity index (χ1v) is 6.85. The van der Waals surface area contributed by atoms with Crippen LogP contribution in [-0.4, -0.2) is 18.9 Å². The summed E-state index contributed by atoms with van der Waals surface area (Å²) in [6, 6.07) is 6.50. The number of ether oxygens (including phenoxy) is 1. The number of ketones is 1. The Morgan fingerprint density at radius 2 is 1.91 bits per heavy atom. The van der Waals surface area contributed by atoms with E-state index < -0.39 is 29.4 Å². The summed E-state index contributed by atoms with van der Waals surface area (Å²) in [7, 11) is 0. The highest BCUT2D eigenvalue weighted by Gasteiger charge is 2.36. The standard InChI is InChI=1S/C13H12F3NO.C3H6O2/c1-8(7-17)9(2)12(18)10-5-3-4-6-11(10)13(14,15)16;1-2-5-3-4/h3-6,8-9H,1-2H3;3H,2H2,1H3. The Hall–Kier alpha value is -2.36. The minimum Gasteiger partial charge on any atom is -0.468 e. The first-order chi connectivity index (χ1) is 10.7. The van der Waals surface area contributed by atoms with Crippen LogP contribution in [0, 0.1) is 23.2 Å². The van der Waals surface area contributed by atoms with Crippen LogP contribution in [0.1, 0.15) is 36.7 Å². The predicted octanol–water partition coefficient (Wildman–Crippen LogP) is 3.86. The van der Waals surface area contributed by atoms with Crippen molar-refractivity contribution in [3.8, 4) is 6.07 Å². The van der Waals surface area contributed by atoms with Crippen molar-refractivity contribution in [2.24, 2.45) is 11.8 Å². The third-order valence-corrected chi connectivity index (χ3v) is 3.10. The summed E-state index contributed by atoms with van der Waals surface area (Å²) in [5.74, 6) is -2.05. The molecule has 1 rings (SSSR count). The van der Waals surface area contributed by atoms with Crippen molar-refractivity contribution in [2.75, 3.05) is 6.61 Å². The smallest absolute Gasteiger partial charge is 0.417 e. The number of halogens is 3. The van der Waals surface area contributed by atoms with Crippen molar-refractivity contribution < 1.29 is 27.5 Å². The van der Waals surface area contributed by atoms with Crippen LogP contribution >= 0.6 is 0 Å². The fourth-order valence-electron chi connectivity index (χ4n) is 1.60. The van der Waals surface area contributed by atoms with E-state index in [0.717, 1.165) is 12.1 Å². The number of hydrogen-bond acceptors (Lipinski definition) is 4. The van der Waals surface area contributed by atoms with E-state index in [4.69, 9.17) is 5.26 Å². The van der Waals surface area contributed by atoms with Crippen molar-refractivity contribution >= 4 is 12.3 Å². The molecule has 0 bridgehead atoms. The van der Waals surface area contributed by atoms with E-state index in [-0.39, 0.29) is 5.56 Å². The molecule has 0 saturated heterocycles. The molecule has 1 aromatic rings. The number of carbonyl (C=O) groups is 2. The minimum atomic E-state index is -4.57. The SMILES string of the molecule is CC(C#N)C(C)C(=O)c1ccccc1C(F)(F)F.CCOC=O. The molecule has 0 aliphatic heterocycles. The van der Waals surface area contributed by atoms with Gasteiger partial charge in [-0.3, -0.25) is 9.59 Å². The van der Waals surface area contributed by atoms with Gasteiger partial charge in [-0.05, 0) is 19.9 Å². The molecule has 0 amide bonds. The number of Topliss-reactive ketones (excluding diaryl/α,β-unsaturated/α-hetero) is 1. The summed E-state index contributed by atoms with van der Waals surface area (Å²) in [5, 5.41) is 8.71. The highest BCUT2D eigenvalue weighted by Crippen LogP contribution is 2.33. The lowest BCUT2D eigenvalue weighted by atomic mass is 9.87. The van der Waals surface area contributed by atoms with Crippen molar-refractivity contribution in [2.45, 2.75) is 26.9 Å². The highest BCUT2D eigenvalue weighted by molar-refractivity contribution is 5.99. The summed E-state index contributed by atoms with van der Waals surface area (Å²) in [5.41, 5.74) is -1.33. The zero-order valence-electron chi connectivity index (χ0n) is 13.1. The largest absolute Gasteiger partial charge is 0.468 e. The quantitative estimate of drug-likeness (QED) is 0.607. The van der Waals surface area contributed by atoms with Crippen LogP contribution in [-0.2, 0) is 15.7 Å². The number of nitriles is 1. The van der Waals surface area contributed by atoms with Crippen LogP contribution < -0.4 is 0 Å². The fraction of sp³-hybridized carbons (Fsp3) is 0.438. The normalized spacial score (nSPS) is 12.9. The molecule has 126 valence electrons. The Morgan fingerprint density at radius 1 is 1.35 bits per heavy atom. The Bertz CT molecular complexity index is 564. The molecular formula is C16H18F3NO3. The summed E-state index contributed by atoms with van der Waals surface area (Å²) in [4.78, 5) is 21.1. The van der Waals surface area contributed by atoms with E-state index >= 15 is 0 Å². The number of rotatable bonds is 5. The van der Waals surface area contributed by atoms with E-state index in [2.05, 4.69) is 4.74 Å². The lowest BCUT2D eigenvalue weighted by molar-refractivity contribution is -0.138. The second kappa shape index (κ2) is 9.62. The molecule has 4 nitrogen and oxygen atoms in total. The Labute approximate surface area is 132 Å². The van der Waals surface area contributed by atoms with Crippen molar-refractivity contribution in [3.05, 3.63) is 35.4 Å². The van der Waals surface area contributed by atoms with E-state index in [9.17, 15) is 22.8 Å². The van der Waals surface area contributed by atoms with Gasteiger partial charge in [-0.1, -0.05) is 25.1 Å². The van der Waals surface area contributed by atoms with E-state index in [1.807, 2.05) is 6.07 Å². The van der Waals surface area contributed by atoms with Gasteiger partial charge in [-0.15, -0.1) is 0 Å². The van der Waals surface area contributed by atoms with Crippen LogP contribution in [0.2, 0.25) is 0 Å². The summed E-state index contributed by atoms with van der Waals surface area (Å²) in [6.07, 6.45) is -4.57. The van der Waals surface area contributed by atoms with Gasteiger partial charge in [0.1, 0.15) is 0 Å². The average Bonchev–Trinajstić information content (AvgIpc) is 2.53. The van der Waals surface area contributed by atoms with Crippen LogP contribution in [0.5, 0.6) is 0 Å².